The van der Waals surface area contributed by atoms with E-state index in [1.165, 1.54) is 0 Å². The van der Waals surface area contributed by atoms with E-state index < -0.39 is 0 Å². The molecule has 1 aromatic carbocycles. The van der Waals surface area contributed by atoms with Gasteiger partial charge in [-0.1, -0.05) is 32.0 Å². The van der Waals surface area contributed by atoms with Crippen LogP contribution in [0.15, 0.2) is 36.5 Å². The van der Waals surface area contributed by atoms with E-state index in [1.54, 1.807) is 4.80 Å². The molecular formula is C16H24ClN5. The van der Waals surface area contributed by atoms with Gasteiger partial charge in [0.05, 0.1) is 17.6 Å². The Bertz CT molecular complexity index is 596. The Balaban J connectivity index is 0.00000176. The molecule has 1 fully saturated rings. The van der Waals surface area contributed by atoms with Crippen LogP contribution in [0.4, 0.5) is 0 Å². The lowest BCUT2D eigenvalue weighted by Gasteiger charge is -2.42. The first-order valence-corrected chi connectivity index (χ1v) is 7.49. The second-order valence-corrected chi connectivity index (χ2v) is 6.56. The Kier molecular flexibility index (Phi) is 5.21. The Morgan fingerprint density at radius 2 is 2.00 bits per heavy atom. The predicted molar refractivity (Wildman–Crippen MR) is 90.3 cm³/mol. The second-order valence-electron chi connectivity index (χ2n) is 6.56. The summed E-state index contributed by atoms with van der Waals surface area (Å²) in [5, 5.41) is 8.93. The molecule has 1 unspecified atom stereocenters. The van der Waals surface area contributed by atoms with Crippen molar-refractivity contribution in [2.24, 2.45) is 11.1 Å². The summed E-state index contributed by atoms with van der Waals surface area (Å²) in [4.78, 5) is 4.11. The van der Waals surface area contributed by atoms with Crippen LogP contribution >= 0.6 is 12.4 Å². The summed E-state index contributed by atoms with van der Waals surface area (Å²) in [5.74, 6) is 0. The van der Waals surface area contributed by atoms with Gasteiger partial charge in [-0.15, -0.1) is 12.4 Å². The zero-order valence-corrected chi connectivity index (χ0v) is 14.0. The number of piperidine rings is 1. The van der Waals surface area contributed by atoms with Crippen molar-refractivity contribution in [3.05, 3.63) is 42.2 Å². The normalized spacial score (nSPS) is 21.3. The van der Waals surface area contributed by atoms with Crippen molar-refractivity contribution < 1.29 is 0 Å². The number of nitrogens with two attached hydrogens (primary N) is 1. The SMILES string of the molecule is CC1(C)CN(Cc2cnn(-c3ccccc3)n2)CCC1N.Cl. The molecule has 0 saturated carbocycles. The zero-order valence-electron chi connectivity index (χ0n) is 13.1. The van der Waals surface area contributed by atoms with Crippen molar-refractivity contribution in [2.45, 2.75) is 32.9 Å². The fraction of sp³-hybridized carbons (Fsp3) is 0.500. The molecule has 6 heteroatoms. The van der Waals surface area contributed by atoms with Gasteiger partial charge < -0.3 is 5.73 Å². The standard InChI is InChI=1S/C16H23N5.ClH/c1-16(2)12-20(9-8-15(16)17)11-13-10-18-21(19-13)14-6-4-3-5-7-14;/h3-7,10,15H,8-9,11-12,17H2,1-2H3;1H. The van der Waals surface area contributed by atoms with Gasteiger partial charge in [-0.2, -0.15) is 15.0 Å². The van der Waals surface area contributed by atoms with Gasteiger partial charge in [0.15, 0.2) is 0 Å². The highest BCUT2D eigenvalue weighted by atomic mass is 35.5. The Morgan fingerprint density at radius 1 is 1.27 bits per heavy atom. The minimum absolute atomic E-state index is 0. The minimum Gasteiger partial charge on any atom is -0.327 e. The number of benzene rings is 1. The predicted octanol–water partition coefficient (Wildman–Crippen LogP) is 2.25. The van der Waals surface area contributed by atoms with Crippen molar-refractivity contribution >= 4 is 12.4 Å². The summed E-state index contributed by atoms with van der Waals surface area (Å²) >= 11 is 0. The quantitative estimate of drug-likeness (QED) is 0.942. The largest absolute Gasteiger partial charge is 0.327 e. The number of para-hydroxylation sites is 1. The fourth-order valence-electron chi connectivity index (χ4n) is 2.90. The first-order valence-electron chi connectivity index (χ1n) is 7.49. The van der Waals surface area contributed by atoms with Crippen molar-refractivity contribution in [3.8, 4) is 5.69 Å². The maximum atomic E-state index is 6.19. The molecule has 2 N–H and O–H groups in total. The first-order chi connectivity index (χ1) is 10.0. The fourth-order valence-corrected chi connectivity index (χ4v) is 2.90. The number of nitrogens with zero attached hydrogens (tertiary/aromatic N) is 4. The number of likely N-dealkylation sites (tertiary alicyclic amines) is 1. The lowest BCUT2D eigenvalue weighted by atomic mass is 9.80. The monoisotopic (exact) mass is 321 g/mol. The van der Waals surface area contributed by atoms with Crippen LogP contribution in [-0.2, 0) is 6.54 Å². The molecule has 0 spiro atoms. The van der Waals surface area contributed by atoms with Crippen LogP contribution in [0, 0.1) is 5.41 Å². The van der Waals surface area contributed by atoms with Gasteiger partial charge in [0, 0.05) is 25.7 Å². The molecule has 120 valence electrons. The molecule has 2 heterocycles. The van der Waals surface area contributed by atoms with Crippen LogP contribution in [0.3, 0.4) is 0 Å². The Hall–Kier alpha value is -1.43. The minimum atomic E-state index is 0. The van der Waals surface area contributed by atoms with Crippen LogP contribution in [0.5, 0.6) is 0 Å². The summed E-state index contributed by atoms with van der Waals surface area (Å²) in [6, 6.07) is 10.3. The zero-order chi connectivity index (χ0) is 14.9. The Morgan fingerprint density at radius 3 is 2.68 bits per heavy atom. The maximum Gasteiger partial charge on any atom is 0.0971 e. The van der Waals surface area contributed by atoms with Crippen LogP contribution < -0.4 is 5.73 Å². The van der Waals surface area contributed by atoms with Crippen molar-refractivity contribution in [1.82, 2.24) is 19.9 Å². The highest BCUT2D eigenvalue weighted by Crippen LogP contribution is 2.28. The van der Waals surface area contributed by atoms with Gasteiger partial charge in [-0.05, 0) is 24.0 Å². The van der Waals surface area contributed by atoms with Crippen LogP contribution in [0.2, 0.25) is 0 Å². The van der Waals surface area contributed by atoms with Crippen LogP contribution in [0.1, 0.15) is 26.0 Å². The average Bonchev–Trinajstić information content (AvgIpc) is 2.92. The molecule has 1 aliphatic rings. The van der Waals surface area contributed by atoms with E-state index in [0.29, 0.717) is 0 Å². The van der Waals surface area contributed by atoms with Crippen LogP contribution in [0.25, 0.3) is 5.69 Å². The molecule has 1 atom stereocenters. The van der Waals surface area contributed by atoms with Gasteiger partial charge in [0.2, 0.25) is 0 Å². The molecule has 0 amide bonds. The lowest BCUT2D eigenvalue weighted by molar-refractivity contribution is 0.0888. The lowest BCUT2D eigenvalue weighted by Crippen LogP contribution is -2.52. The summed E-state index contributed by atoms with van der Waals surface area (Å²) < 4.78 is 0. The van der Waals surface area contributed by atoms with Gasteiger partial charge in [0.25, 0.3) is 0 Å². The summed E-state index contributed by atoms with van der Waals surface area (Å²) in [6.45, 7) is 7.35. The average molecular weight is 322 g/mol. The summed E-state index contributed by atoms with van der Waals surface area (Å²) in [5.41, 5.74) is 8.35. The van der Waals surface area contributed by atoms with Gasteiger partial charge in [-0.3, -0.25) is 4.90 Å². The topological polar surface area (TPSA) is 60.0 Å². The van der Waals surface area contributed by atoms with Crippen LogP contribution in [-0.4, -0.2) is 39.0 Å². The first kappa shape index (κ1) is 16.9. The molecule has 0 radical (unpaired) electrons. The third-order valence-corrected chi connectivity index (χ3v) is 4.30. The van der Waals surface area contributed by atoms with E-state index in [-0.39, 0.29) is 23.9 Å². The molecule has 0 aliphatic carbocycles. The summed E-state index contributed by atoms with van der Waals surface area (Å²) in [7, 11) is 0. The molecule has 1 saturated heterocycles. The molecule has 1 aliphatic heterocycles. The van der Waals surface area contributed by atoms with Gasteiger partial charge >= 0.3 is 0 Å². The Labute approximate surface area is 137 Å². The smallest absolute Gasteiger partial charge is 0.0971 e. The van der Waals surface area contributed by atoms with E-state index in [1.807, 2.05) is 36.5 Å². The number of aromatic nitrogens is 3. The highest BCUT2D eigenvalue weighted by molar-refractivity contribution is 5.85. The third kappa shape index (κ3) is 3.66. The molecular weight excluding hydrogens is 298 g/mol. The van der Waals surface area contributed by atoms with E-state index >= 15 is 0 Å². The van der Waals surface area contributed by atoms with Crippen molar-refractivity contribution in [1.29, 1.82) is 0 Å². The van der Waals surface area contributed by atoms with Gasteiger partial charge in [-0.25, -0.2) is 0 Å². The van der Waals surface area contributed by atoms with E-state index in [2.05, 4.69) is 28.9 Å². The number of hydrogen-bond acceptors (Lipinski definition) is 4. The molecule has 3 rings (SSSR count). The van der Waals surface area contributed by atoms with Gasteiger partial charge in [0.1, 0.15) is 0 Å². The molecule has 5 nitrogen and oxygen atoms in total. The number of hydrogen-bond donors (Lipinski definition) is 1. The van der Waals surface area contributed by atoms with Crippen molar-refractivity contribution in [3.63, 3.8) is 0 Å². The highest BCUT2D eigenvalue weighted by Gasteiger charge is 2.33. The van der Waals surface area contributed by atoms with E-state index in [4.69, 9.17) is 5.73 Å². The second kappa shape index (κ2) is 6.77. The number of halogens is 1. The molecule has 1 aromatic heterocycles. The van der Waals surface area contributed by atoms with E-state index in [9.17, 15) is 0 Å². The molecule has 0 bridgehead atoms. The molecule has 22 heavy (non-hydrogen) atoms. The van der Waals surface area contributed by atoms with Crippen molar-refractivity contribution in [2.75, 3.05) is 13.1 Å². The molecule has 2 aromatic rings. The summed E-state index contributed by atoms with van der Waals surface area (Å²) in [6.07, 6.45) is 2.90. The number of rotatable bonds is 3. The third-order valence-electron chi connectivity index (χ3n) is 4.30. The maximum absolute atomic E-state index is 6.19. The van der Waals surface area contributed by atoms with E-state index in [0.717, 1.165) is 37.4 Å².